The first-order valence-corrected chi connectivity index (χ1v) is 8.96. The van der Waals surface area contributed by atoms with Gasteiger partial charge in [0.25, 0.3) is 5.91 Å². The molecule has 0 aliphatic carbocycles. The van der Waals surface area contributed by atoms with Gasteiger partial charge in [-0.05, 0) is 38.0 Å². The molecule has 26 heavy (non-hydrogen) atoms. The first-order chi connectivity index (χ1) is 12.6. The van der Waals surface area contributed by atoms with Gasteiger partial charge in [0.15, 0.2) is 0 Å². The fourth-order valence-corrected chi connectivity index (χ4v) is 2.62. The maximum atomic E-state index is 12.3. The molecule has 0 heterocycles. The Morgan fingerprint density at radius 3 is 2.46 bits per heavy atom. The molecule has 0 aliphatic heterocycles. The van der Waals surface area contributed by atoms with Gasteiger partial charge in [0.05, 0.1) is 18.2 Å². The lowest BCUT2D eigenvalue weighted by molar-refractivity contribution is -0.121. The van der Waals surface area contributed by atoms with Crippen molar-refractivity contribution in [2.75, 3.05) is 13.2 Å². The van der Waals surface area contributed by atoms with Gasteiger partial charge in [0.2, 0.25) is 5.91 Å². The molecule has 0 saturated heterocycles. The second-order valence-corrected chi connectivity index (χ2v) is 5.99. The summed E-state index contributed by atoms with van der Waals surface area (Å²) in [6.07, 6.45) is 0.945. The third-order valence-electron chi connectivity index (χ3n) is 3.97. The number of hydrogen-bond acceptors (Lipinski definition) is 3. The molecule has 2 amide bonds. The lowest BCUT2D eigenvalue weighted by atomic mass is 10.1. The summed E-state index contributed by atoms with van der Waals surface area (Å²) in [5, 5.41) is 5.81. The molecule has 2 rings (SSSR count). The number of benzene rings is 2. The number of carbonyl (C=O) groups is 2. The highest BCUT2D eigenvalue weighted by Crippen LogP contribution is 2.17. The highest BCUT2D eigenvalue weighted by Gasteiger charge is 2.12. The van der Waals surface area contributed by atoms with Crippen molar-refractivity contribution in [3.63, 3.8) is 0 Å². The minimum Gasteiger partial charge on any atom is -0.493 e. The average Bonchev–Trinajstić information content (AvgIpc) is 2.66. The third kappa shape index (κ3) is 5.92. The van der Waals surface area contributed by atoms with E-state index in [2.05, 4.69) is 10.6 Å². The maximum Gasteiger partial charge on any atom is 0.255 e. The smallest absolute Gasteiger partial charge is 0.255 e. The molecule has 5 heteroatoms. The van der Waals surface area contributed by atoms with E-state index in [0.717, 1.165) is 5.56 Å². The number of rotatable bonds is 9. The van der Waals surface area contributed by atoms with Crippen molar-refractivity contribution in [1.82, 2.24) is 10.6 Å². The van der Waals surface area contributed by atoms with Crippen LogP contribution in [0.2, 0.25) is 0 Å². The molecule has 0 radical (unpaired) electrons. The van der Waals surface area contributed by atoms with E-state index in [-0.39, 0.29) is 17.9 Å². The van der Waals surface area contributed by atoms with E-state index in [9.17, 15) is 9.59 Å². The normalized spacial score (nSPS) is 11.5. The van der Waals surface area contributed by atoms with Gasteiger partial charge >= 0.3 is 0 Å². The average molecular weight is 354 g/mol. The maximum absolute atomic E-state index is 12.3. The molecule has 0 aliphatic rings. The predicted molar refractivity (Wildman–Crippen MR) is 102 cm³/mol. The van der Waals surface area contributed by atoms with Crippen LogP contribution >= 0.6 is 0 Å². The summed E-state index contributed by atoms with van der Waals surface area (Å²) in [5.41, 5.74) is 1.58. The van der Waals surface area contributed by atoms with Gasteiger partial charge in [-0.2, -0.15) is 0 Å². The van der Waals surface area contributed by atoms with Crippen LogP contribution in [0.1, 0.15) is 48.7 Å². The van der Waals surface area contributed by atoms with Crippen molar-refractivity contribution in [1.29, 1.82) is 0 Å². The van der Waals surface area contributed by atoms with E-state index in [4.69, 9.17) is 4.74 Å². The topological polar surface area (TPSA) is 67.4 Å². The van der Waals surface area contributed by atoms with E-state index >= 15 is 0 Å². The molecule has 0 saturated carbocycles. The number of hydrogen-bond donors (Lipinski definition) is 2. The molecular weight excluding hydrogens is 328 g/mol. The van der Waals surface area contributed by atoms with Crippen molar-refractivity contribution in [3.8, 4) is 5.75 Å². The molecule has 1 atom stereocenters. The fraction of sp³-hybridized carbons (Fsp3) is 0.333. The van der Waals surface area contributed by atoms with Crippen molar-refractivity contribution in [2.45, 2.75) is 32.7 Å². The SMILES string of the molecule is CCOc1ccccc1C(=O)NCCCC(=O)N[C@@H](C)c1ccccc1. The van der Waals surface area contributed by atoms with Crippen LogP contribution < -0.4 is 15.4 Å². The lowest BCUT2D eigenvalue weighted by Crippen LogP contribution is -2.29. The highest BCUT2D eigenvalue weighted by atomic mass is 16.5. The van der Waals surface area contributed by atoms with Gasteiger partial charge in [0.1, 0.15) is 5.75 Å². The minimum absolute atomic E-state index is 0.0229. The summed E-state index contributed by atoms with van der Waals surface area (Å²) in [7, 11) is 0. The lowest BCUT2D eigenvalue weighted by Gasteiger charge is -2.14. The largest absolute Gasteiger partial charge is 0.493 e. The van der Waals surface area contributed by atoms with Crippen molar-refractivity contribution in [3.05, 3.63) is 65.7 Å². The second kappa shape index (κ2) is 10.2. The standard InChI is InChI=1S/C21H26N2O3/c1-3-26-19-13-8-7-12-18(19)21(25)22-15-9-14-20(24)23-16(2)17-10-5-4-6-11-17/h4-8,10-13,16H,3,9,14-15H2,1-2H3,(H,22,25)(H,23,24)/t16-/m0/s1. The van der Waals surface area contributed by atoms with Crippen LogP contribution in [0.4, 0.5) is 0 Å². The fourth-order valence-electron chi connectivity index (χ4n) is 2.62. The molecule has 0 spiro atoms. The summed E-state index contributed by atoms with van der Waals surface area (Å²) in [4.78, 5) is 24.3. The summed E-state index contributed by atoms with van der Waals surface area (Å²) in [6.45, 7) is 4.78. The predicted octanol–water partition coefficient (Wildman–Crippen LogP) is 3.47. The number of para-hydroxylation sites is 1. The quantitative estimate of drug-likeness (QED) is 0.678. The number of carbonyl (C=O) groups excluding carboxylic acids is 2. The molecule has 5 nitrogen and oxygen atoms in total. The Kier molecular flexibility index (Phi) is 7.68. The Bertz CT molecular complexity index is 716. The summed E-state index contributed by atoms with van der Waals surface area (Å²) in [5.74, 6) is 0.361. The Morgan fingerprint density at radius 1 is 1.04 bits per heavy atom. The summed E-state index contributed by atoms with van der Waals surface area (Å²) in [6, 6.07) is 16.9. The van der Waals surface area contributed by atoms with Gasteiger partial charge < -0.3 is 15.4 Å². The van der Waals surface area contributed by atoms with Gasteiger partial charge in [-0.15, -0.1) is 0 Å². The van der Waals surface area contributed by atoms with E-state index in [1.807, 2.05) is 50.2 Å². The molecule has 0 unspecified atom stereocenters. The van der Waals surface area contributed by atoms with Crippen LogP contribution in [-0.2, 0) is 4.79 Å². The first-order valence-electron chi connectivity index (χ1n) is 8.96. The zero-order chi connectivity index (χ0) is 18.8. The van der Waals surface area contributed by atoms with E-state index in [0.29, 0.717) is 37.3 Å². The molecule has 2 N–H and O–H groups in total. The number of ether oxygens (including phenoxy) is 1. The highest BCUT2D eigenvalue weighted by molar-refractivity contribution is 5.96. The van der Waals surface area contributed by atoms with Crippen molar-refractivity contribution in [2.24, 2.45) is 0 Å². The number of nitrogens with one attached hydrogen (secondary N) is 2. The molecule has 0 aromatic heterocycles. The van der Waals surface area contributed by atoms with Gasteiger partial charge in [-0.3, -0.25) is 9.59 Å². The van der Waals surface area contributed by atoms with E-state index in [1.165, 1.54) is 0 Å². The third-order valence-corrected chi connectivity index (χ3v) is 3.97. The zero-order valence-electron chi connectivity index (χ0n) is 15.3. The van der Waals surface area contributed by atoms with Crippen LogP contribution in [0.15, 0.2) is 54.6 Å². The molecule has 2 aromatic carbocycles. The molecule has 138 valence electrons. The molecule has 0 bridgehead atoms. The molecule has 2 aromatic rings. The van der Waals surface area contributed by atoms with E-state index in [1.54, 1.807) is 18.2 Å². The Balaban J connectivity index is 1.73. The molecular formula is C21H26N2O3. The van der Waals surface area contributed by atoms with Crippen molar-refractivity contribution < 1.29 is 14.3 Å². The van der Waals surface area contributed by atoms with Gasteiger partial charge in [-0.25, -0.2) is 0 Å². The van der Waals surface area contributed by atoms with Crippen LogP contribution in [-0.4, -0.2) is 25.0 Å². The second-order valence-electron chi connectivity index (χ2n) is 5.99. The van der Waals surface area contributed by atoms with Crippen LogP contribution in [0, 0.1) is 0 Å². The van der Waals surface area contributed by atoms with Gasteiger partial charge in [-0.1, -0.05) is 42.5 Å². The van der Waals surface area contributed by atoms with Crippen LogP contribution in [0.25, 0.3) is 0 Å². The van der Waals surface area contributed by atoms with Gasteiger partial charge in [0, 0.05) is 13.0 Å². The monoisotopic (exact) mass is 354 g/mol. The Hall–Kier alpha value is -2.82. The minimum atomic E-state index is -0.188. The summed E-state index contributed by atoms with van der Waals surface area (Å²) < 4.78 is 5.46. The van der Waals surface area contributed by atoms with E-state index < -0.39 is 0 Å². The Morgan fingerprint density at radius 2 is 1.73 bits per heavy atom. The zero-order valence-corrected chi connectivity index (χ0v) is 15.3. The van der Waals surface area contributed by atoms with Crippen LogP contribution in [0.3, 0.4) is 0 Å². The first kappa shape index (κ1) is 19.5. The number of amides is 2. The van der Waals surface area contributed by atoms with Crippen molar-refractivity contribution >= 4 is 11.8 Å². The molecule has 0 fully saturated rings. The summed E-state index contributed by atoms with van der Waals surface area (Å²) >= 11 is 0. The Labute approximate surface area is 154 Å². The van der Waals surface area contributed by atoms with Crippen LogP contribution in [0.5, 0.6) is 5.75 Å².